The van der Waals surface area contributed by atoms with Crippen molar-refractivity contribution in [3.05, 3.63) is 95.0 Å². The quantitative estimate of drug-likeness (QED) is 0.400. The molecule has 2 amide bonds. The molecule has 0 heterocycles. The summed E-state index contributed by atoms with van der Waals surface area (Å²) in [5, 5.41) is 7.29. The summed E-state index contributed by atoms with van der Waals surface area (Å²) in [6, 6.07) is 24.9. The van der Waals surface area contributed by atoms with E-state index in [0.29, 0.717) is 10.7 Å². The van der Waals surface area contributed by atoms with Gasteiger partial charge in [0.15, 0.2) is 0 Å². The second-order valence-corrected chi connectivity index (χ2v) is 6.86. The number of rotatable bonds is 7. The molecule has 0 aromatic heterocycles. The minimum Gasteiger partial charge on any atom is -0.367 e. The van der Waals surface area contributed by atoms with Crippen LogP contribution in [0.15, 0.2) is 84.0 Å². The normalized spacial score (nSPS) is 10.7. The van der Waals surface area contributed by atoms with Gasteiger partial charge in [-0.25, -0.2) is 10.2 Å². The van der Waals surface area contributed by atoms with Gasteiger partial charge in [0.1, 0.15) is 0 Å². The number of hydrazone groups is 1. The molecule has 0 aliphatic rings. The van der Waals surface area contributed by atoms with Crippen molar-refractivity contribution in [2.75, 3.05) is 16.8 Å². The number of carbonyl (C=O) groups excluding carboxylic acids is 1. The molecule has 0 radical (unpaired) electrons. The van der Waals surface area contributed by atoms with Gasteiger partial charge in [0.25, 0.3) is 0 Å². The van der Waals surface area contributed by atoms with E-state index in [-0.39, 0.29) is 0 Å². The first kappa shape index (κ1) is 20.4. The van der Waals surface area contributed by atoms with E-state index in [1.54, 1.807) is 30.5 Å². The van der Waals surface area contributed by atoms with Crippen molar-refractivity contribution < 1.29 is 4.79 Å². The van der Waals surface area contributed by atoms with Gasteiger partial charge in [-0.2, -0.15) is 5.10 Å². The molecule has 0 aliphatic heterocycles. The number of amides is 2. The maximum Gasteiger partial charge on any atom is 0.339 e. The maximum atomic E-state index is 11.9. The topological polar surface area (TPSA) is 56.7 Å². The molecule has 5 nitrogen and oxygen atoms in total. The van der Waals surface area contributed by atoms with Crippen LogP contribution in [0.5, 0.6) is 0 Å². The molecule has 2 N–H and O–H groups in total. The van der Waals surface area contributed by atoms with Crippen LogP contribution in [0.25, 0.3) is 0 Å². The van der Waals surface area contributed by atoms with E-state index in [9.17, 15) is 4.79 Å². The van der Waals surface area contributed by atoms with E-state index < -0.39 is 6.03 Å². The second-order valence-electron chi connectivity index (χ2n) is 6.42. The highest BCUT2D eigenvalue weighted by molar-refractivity contribution is 6.30. The Morgan fingerprint density at radius 3 is 2.34 bits per heavy atom. The molecule has 0 unspecified atom stereocenters. The molecule has 0 atom stereocenters. The number of nitrogens with zero attached hydrogens (tertiary/aromatic N) is 2. The van der Waals surface area contributed by atoms with Gasteiger partial charge in [0.05, 0.1) is 6.21 Å². The van der Waals surface area contributed by atoms with Crippen molar-refractivity contribution in [2.24, 2.45) is 5.10 Å². The average molecular weight is 407 g/mol. The van der Waals surface area contributed by atoms with Gasteiger partial charge in [-0.1, -0.05) is 54.1 Å². The van der Waals surface area contributed by atoms with Gasteiger partial charge >= 0.3 is 6.03 Å². The van der Waals surface area contributed by atoms with Gasteiger partial charge in [0.2, 0.25) is 0 Å². The summed E-state index contributed by atoms with van der Waals surface area (Å²) in [5.41, 5.74) is 6.41. The van der Waals surface area contributed by atoms with E-state index in [1.807, 2.05) is 18.2 Å². The molecule has 0 saturated heterocycles. The van der Waals surface area contributed by atoms with E-state index in [1.165, 1.54) is 5.56 Å². The molecular formula is C23H23ClN4O. The van der Waals surface area contributed by atoms with Crippen molar-refractivity contribution in [3.63, 3.8) is 0 Å². The van der Waals surface area contributed by atoms with Crippen molar-refractivity contribution in [1.82, 2.24) is 5.43 Å². The largest absolute Gasteiger partial charge is 0.367 e. The molecule has 3 aromatic carbocycles. The lowest BCUT2D eigenvalue weighted by atomic mass is 10.1. The van der Waals surface area contributed by atoms with Crippen LogP contribution in [0.2, 0.25) is 5.02 Å². The molecule has 0 saturated carbocycles. The fraction of sp³-hybridized carbons (Fsp3) is 0.130. The third-order valence-electron chi connectivity index (χ3n) is 4.34. The number of hydrogen-bond donors (Lipinski definition) is 2. The van der Waals surface area contributed by atoms with Crippen LogP contribution in [0.4, 0.5) is 16.2 Å². The third-order valence-corrected chi connectivity index (χ3v) is 4.59. The number of hydrogen-bond acceptors (Lipinski definition) is 3. The lowest BCUT2D eigenvalue weighted by Crippen LogP contribution is -2.24. The van der Waals surface area contributed by atoms with Crippen LogP contribution in [0.3, 0.4) is 0 Å². The van der Waals surface area contributed by atoms with Crippen LogP contribution in [-0.4, -0.2) is 18.8 Å². The molecule has 6 heteroatoms. The number of halogens is 1. The number of nitrogens with one attached hydrogen (secondary N) is 2. The molecule has 0 fully saturated rings. The molecule has 3 rings (SSSR count). The van der Waals surface area contributed by atoms with Crippen molar-refractivity contribution >= 4 is 35.2 Å². The van der Waals surface area contributed by atoms with Crippen LogP contribution in [-0.2, 0) is 6.54 Å². The summed E-state index contributed by atoms with van der Waals surface area (Å²) in [5.74, 6) is 0. The first-order chi connectivity index (χ1) is 14.1. The predicted octanol–water partition coefficient (Wildman–Crippen LogP) is 5.52. The molecule has 3 aromatic rings. The Balaban J connectivity index is 1.53. The first-order valence-corrected chi connectivity index (χ1v) is 9.76. The third kappa shape index (κ3) is 6.36. The molecule has 0 spiro atoms. The molecule has 0 bridgehead atoms. The minimum absolute atomic E-state index is 0.416. The number of urea groups is 1. The Bertz CT molecular complexity index is 941. The first-order valence-electron chi connectivity index (χ1n) is 9.38. The lowest BCUT2D eigenvalue weighted by Gasteiger charge is -2.23. The highest BCUT2D eigenvalue weighted by atomic mass is 35.5. The minimum atomic E-state index is -0.416. The molecule has 148 valence electrons. The Morgan fingerprint density at radius 1 is 1.00 bits per heavy atom. The summed E-state index contributed by atoms with van der Waals surface area (Å²) in [6.45, 7) is 3.91. The van der Waals surface area contributed by atoms with E-state index in [0.717, 1.165) is 24.3 Å². The second kappa shape index (κ2) is 10.3. The lowest BCUT2D eigenvalue weighted by molar-refractivity contribution is 0.252. The number of benzene rings is 3. The summed E-state index contributed by atoms with van der Waals surface area (Å²) < 4.78 is 0. The van der Waals surface area contributed by atoms with Crippen molar-refractivity contribution in [1.29, 1.82) is 0 Å². The monoisotopic (exact) mass is 406 g/mol. The Morgan fingerprint density at radius 2 is 1.69 bits per heavy atom. The predicted molar refractivity (Wildman–Crippen MR) is 121 cm³/mol. The standard InChI is InChI=1S/C23H23ClN4O/c1-2-28(17-19-6-4-3-5-7-19)22-14-8-18(9-15-22)16-25-27-23(29)26-21-12-10-20(24)11-13-21/h3-16H,2,17H2,1H3,(H2,26,27,29)/b25-16-. The summed E-state index contributed by atoms with van der Waals surface area (Å²) in [4.78, 5) is 14.2. The van der Waals surface area contributed by atoms with Gasteiger partial charge in [-0.3, -0.25) is 0 Å². The number of anilines is 2. The molecular weight excluding hydrogens is 384 g/mol. The van der Waals surface area contributed by atoms with Gasteiger partial charge in [0, 0.05) is 29.5 Å². The average Bonchev–Trinajstić information content (AvgIpc) is 2.75. The zero-order valence-corrected chi connectivity index (χ0v) is 16.9. The van der Waals surface area contributed by atoms with E-state index in [2.05, 4.69) is 64.1 Å². The molecule has 0 aliphatic carbocycles. The SMILES string of the molecule is CCN(Cc1ccccc1)c1ccc(/C=N\NC(=O)Nc2ccc(Cl)cc2)cc1. The van der Waals surface area contributed by atoms with Crippen molar-refractivity contribution in [2.45, 2.75) is 13.5 Å². The fourth-order valence-corrected chi connectivity index (χ4v) is 2.94. The maximum absolute atomic E-state index is 11.9. The summed E-state index contributed by atoms with van der Waals surface area (Å²) >= 11 is 5.83. The zero-order valence-electron chi connectivity index (χ0n) is 16.2. The van der Waals surface area contributed by atoms with Crippen LogP contribution >= 0.6 is 11.6 Å². The highest BCUT2D eigenvalue weighted by Crippen LogP contribution is 2.17. The molecule has 29 heavy (non-hydrogen) atoms. The Labute approximate surface area is 176 Å². The van der Waals surface area contributed by atoms with Crippen molar-refractivity contribution in [3.8, 4) is 0 Å². The van der Waals surface area contributed by atoms with Crippen LogP contribution in [0, 0.1) is 0 Å². The zero-order chi connectivity index (χ0) is 20.5. The van der Waals surface area contributed by atoms with Gasteiger partial charge in [-0.05, 0) is 54.4 Å². The van der Waals surface area contributed by atoms with Crippen LogP contribution in [0.1, 0.15) is 18.1 Å². The van der Waals surface area contributed by atoms with Crippen LogP contribution < -0.4 is 15.6 Å². The smallest absolute Gasteiger partial charge is 0.339 e. The Hall–Kier alpha value is -3.31. The number of carbonyl (C=O) groups is 1. The van der Waals surface area contributed by atoms with Gasteiger partial charge < -0.3 is 10.2 Å². The van der Waals surface area contributed by atoms with Gasteiger partial charge in [-0.15, -0.1) is 0 Å². The highest BCUT2D eigenvalue weighted by Gasteiger charge is 2.05. The van der Waals surface area contributed by atoms with E-state index in [4.69, 9.17) is 11.6 Å². The fourth-order valence-electron chi connectivity index (χ4n) is 2.82. The summed E-state index contributed by atoms with van der Waals surface area (Å²) in [7, 11) is 0. The Kier molecular flexibility index (Phi) is 7.25. The summed E-state index contributed by atoms with van der Waals surface area (Å²) in [6.07, 6.45) is 1.61. The van der Waals surface area contributed by atoms with E-state index >= 15 is 0 Å².